The first-order valence-corrected chi connectivity index (χ1v) is 16.7. The lowest BCUT2D eigenvalue weighted by molar-refractivity contribution is 0.669. The highest BCUT2D eigenvalue weighted by molar-refractivity contribution is 6.16. The Labute approximate surface area is 287 Å². The average Bonchev–Trinajstić information content (AvgIpc) is 3.74. The van der Waals surface area contributed by atoms with E-state index in [9.17, 15) is 0 Å². The van der Waals surface area contributed by atoms with Gasteiger partial charge in [-0.25, -0.2) is 15.0 Å². The highest BCUT2D eigenvalue weighted by Gasteiger charge is 2.18. The van der Waals surface area contributed by atoms with Crippen LogP contribution in [0, 0.1) is 0 Å². The lowest BCUT2D eigenvalue weighted by Crippen LogP contribution is -2.00. The van der Waals surface area contributed by atoms with E-state index in [1.807, 2.05) is 72.8 Å². The Morgan fingerprint density at radius 3 is 1.70 bits per heavy atom. The normalized spacial score (nSPS) is 11.6. The third-order valence-corrected chi connectivity index (χ3v) is 9.45. The summed E-state index contributed by atoms with van der Waals surface area (Å²) in [5.41, 5.74) is 10.2. The van der Waals surface area contributed by atoms with Crippen LogP contribution in [0.25, 0.3) is 94.7 Å². The van der Waals surface area contributed by atoms with Gasteiger partial charge in [-0.3, -0.25) is 0 Å². The maximum absolute atomic E-state index is 6.51. The molecule has 0 amide bonds. The fourth-order valence-corrected chi connectivity index (χ4v) is 7.14. The largest absolute Gasteiger partial charge is 0.456 e. The van der Waals surface area contributed by atoms with Gasteiger partial charge in [0, 0.05) is 43.9 Å². The van der Waals surface area contributed by atoms with Gasteiger partial charge in [0.15, 0.2) is 17.5 Å². The second-order valence-corrected chi connectivity index (χ2v) is 12.5. The summed E-state index contributed by atoms with van der Waals surface area (Å²) in [6, 6.07) is 58.6. The number of hydrogen-bond acceptors (Lipinski definition) is 4. The van der Waals surface area contributed by atoms with Gasteiger partial charge < -0.3 is 8.98 Å². The van der Waals surface area contributed by atoms with Crippen LogP contribution in [-0.2, 0) is 0 Å². The van der Waals surface area contributed by atoms with Crippen LogP contribution in [0.2, 0.25) is 0 Å². The van der Waals surface area contributed by atoms with Crippen LogP contribution in [0.1, 0.15) is 0 Å². The Hall–Kier alpha value is -6.85. The fraction of sp³-hybridized carbons (Fsp3) is 0. The second-order valence-electron chi connectivity index (χ2n) is 12.5. The molecule has 5 nitrogen and oxygen atoms in total. The number of rotatable bonds is 5. The fourth-order valence-electron chi connectivity index (χ4n) is 7.14. The van der Waals surface area contributed by atoms with Crippen LogP contribution in [0.4, 0.5) is 0 Å². The number of benzene rings is 7. The summed E-state index contributed by atoms with van der Waals surface area (Å²) in [5.74, 6) is 1.89. The summed E-state index contributed by atoms with van der Waals surface area (Å²) in [6.07, 6.45) is 0. The Morgan fingerprint density at radius 1 is 0.380 bits per heavy atom. The van der Waals surface area contributed by atoms with Crippen molar-refractivity contribution in [1.82, 2.24) is 19.5 Å². The molecule has 0 spiro atoms. The zero-order valence-electron chi connectivity index (χ0n) is 26.9. The van der Waals surface area contributed by atoms with Crippen LogP contribution < -0.4 is 0 Å². The summed E-state index contributed by atoms with van der Waals surface area (Å²) in [4.78, 5) is 14.8. The lowest BCUT2D eigenvalue weighted by Gasteiger charge is -2.09. The summed E-state index contributed by atoms with van der Waals surface area (Å²) in [7, 11) is 0. The minimum atomic E-state index is 0.618. The summed E-state index contributed by atoms with van der Waals surface area (Å²) >= 11 is 0. The molecule has 0 radical (unpaired) electrons. The summed E-state index contributed by atoms with van der Waals surface area (Å²) in [6.45, 7) is 0. The Kier molecular flexibility index (Phi) is 6.42. The lowest BCUT2D eigenvalue weighted by atomic mass is 9.98. The van der Waals surface area contributed by atoms with Crippen molar-refractivity contribution in [2.75, 3.05) is 0 Å². The molecule has 0 aliphatic rings. The quantitative estimate of drug-likeness (QED) is 0.188. The first kappa shape index (κ1) is 28.2. The molecule has 0 N–H and O–H groups in total. The molecule has 50 heavy (non-hydrogen) atoms. The molecular formula is C45H28N4O. The molecule has 3 aromatic heterocycles. The molecule has 0 saturated carbocycles. The van der Waals surface area contributed by atoms with Gasteiger partial charge in [0.2, 0.25) is 0 Å². The van der Waals surface area contributed by atoms with E-state index in [4.69, 9.17) is 19.4 Å². The molecule has 10 aromatic rings. The van der Waals surface area contributed by atoms with Crippen LogP contribution in [0.3, 0.4) is 0 Å². The van der Waals surface area contributed by atoms with Gasteiger partial charge in [0.1, 0.15) is 11.2 Å². The van der Waals surface area contributed by atoms with E-state index in [1.54, 1.807) is 0 Å². The average molecular weight is 641 g/mol. The molecule has 5 heteroatoms. The van der Waals surface area contributed by atoms with Crippen molar-refractivity contribution in [3.63, 3.8) is 0 Å². The highest BCUT2D eigenvalue weighted by atomic mass is 16.3. The maximum atomic E-state index is 6.51. The molecule has 3 heterocycles. The minimum absolute atomic E-state index is 0.618. The van der Waals surface area contributed by atoms with Gasteiger partial charge in [0.05, 0.1) is 11.0 Å². The zero-order chi connectivity index (χ0) is 33.0. The molecule has 0 fully saturated rings. The molecule has 0 aliphatic carbocycles. The van der Waals surface area contributed by atoms with Gasteiger partial charge in [-0.15, -0.1) is 0 Å². The Bertz CT molecular complexity index is 2800. The summed E-state index contributed by atoms with van der Waals surface area (Å²) in [5, 5.41) is 4.51. The van der Waals surface area contributed by atoms with Crippen molar-refractivity contribution >= 4 is 43.7 Å². The minimum Gasteiger partial charge on any atom is -0.456 e. The van der Waals surface area contributed by atoms with Gasteiger partial charge in [-0.05, 0) is 65.7 Å². The topological polar surface area (TPSA) is 56.7 Å². The Morgan fingerprint density at radius 2 is 0.980 bits per heavy atom. The van der Waals surface area contributed by atoms with E-state index in [2.05, 4.69) is 102 Å². The third kappa shape index (κ3) is 4.60. The van der Waals surface area contributed by atoms with Crippen molar-refractivity contribution in [1.29, 1.82) is 0 Å². The van der Waals surface area contributed by atoms with Gasteiger partial charge in [-0.1, -0.05) is 115 Å². The van der Waals surface area contributed by atoms with Crippen LogP contribution >= 0.6 is 0 Å². The molecule has 0 aliphatic heterocycles. The molecule has 7 aromatic carbocycles. The number of aromatic nitrogens is 4. The molecular weight excluding hydrogens is 613 g/mol. The zero-order valence-corrected chi connectivity index (χ0v) is 26.9. The van der Waals surface area contributed by atoms with Crippen molar-refractivity contribution in [2.24, 2.45) is 0 Å². The van der Waals surface area contributed by atoms with E-state index in [0.717, 1.165) is 49.9 Å². The number of hydrogen-bond donors (Lipinski definition) is 0. The van der Waals surface area contributed by atoms with E-state index in [-0.39, 0.29) is 0 Å². The monoisotopic (exact) mass is 640 g/mol. The smallest absolute Gasteiger partial charge is 0.164 e. The molecule has 0 bridgehead atoms. The van der Waals surface area contributed by atoms with Crippen molar-refractivity contribution < 1.29 is 4.42 Å². The van der Waals surface area contributed by atoms with Crippen LogP contribution in [0.15, 0.2) is 174 Å². The third-order valence-electron chi connectivity index (χ3n) is 9.45. The maximum Gasteiger partial charge on any atom is 0.164 e. The van der Waals surface area contributed by atoms with Gasteiger partial charge in [-0.2, -0.15) is 0 Å². The van der Waals surface area contributed by atoms with Gasteiger partial charge in [0.25, 0.3) is 0 Å². The Balaban J connectivity index is 1.12. The molecule has 234 valence electrons. The standard InChI is InChI=1S/C45H28N4O/c1-4-13-29(14-5-1)43-46-44(30-15-6-2-7-16-30)48-45(47-43)32-24-26-40-37(27-32)35-25-23-31(28-41(35)50-40)34-20-12-22-39-42(34)36-19-10-11-21-38(36)49(39)33-17-8-3-9-18-33/h1-28H. The first-order valence-electron chi connectivity index (χ1n) is 16.7. The second kappa shape index (κ2) is 11.4. The molecule has 0 atom stereocenters. The van der Waals surface area contributed by atoms with Crippen LogP contribution in [0.5, 0.6) is 0 Å². The highest BCUT2D eigenvalue weighted by Crippen LogP contribution is 2.40. The predicted octanol–water partition coefficient (Wildman–Crippen LogP) is 11.5. The van der Waals surface area contributed by atoms with Crippen LogP contribution in [-0.4, -0.2) is 19.5 Å². The molecule has 0 saturated heterocycles. The van der Waals surface area contributed by atoms with Crippen molar-refractivity contribution in [2.45, 2.75) is 0 Å². The van der Waals surface area contributed by atoms with E-state index >= 15 is 0 Å². The van der Waals surface area contributed by atoms with Gasteiger partial charge >= 0.3 is 0 Å². The molecule has 10 rings (SSSR count). The van der Waals surface area contributed by atoms with Crippen molar-refractivity contribution in [3.05, 3.63) is 170 Å². The first-order chi connectivity index (χ1) is 24.8. The number of nitrogens with zero attached hydrogens (tertiary/aromatic N) is 4. The van der Waals surface area contributed by atoms with E-state index in [1.165, 1.54) is 27.4 Å². The van der Waals surface area contributed by atoms with E-state index in [0.29, 0.717) is 17.5 Å². The SMILES string of the molecule is c1ccc(-c2nc(-c3ccccc3)nc(-c3ccc4oc5cc(-c6cccc7c6c6ccccc6n7-c6ccccc6)ccc5c4c3)n2)cc1. The predicted molar refractivity (Wildman–Crippen MR) is 203 cm³/mol. The number of para-hydroxylation sites is 2. The number of fused-ring (bicyclic) bond motifs is 6. The number of furan rings is 1. The molecule has 0 unspecified atom stereocenters. The van der Waals surface area contributed by atoms with E-state index < -0.39 is 0 Å². The summed E-state index contributed by atoms with van der Waals surface area (Å²) < 4.78 is 8.86. The van der Waals surface area contributed by atoms with Crippen molar-refractivity contribution in [3.8, 4) is 51.0 Å².